The minimum absolute atomic E-state index is 0.119. The number of benzene rings is 1. The number of carbonyl (C=O) groups is 1. The van der Waals surface area contributed by atoms with Crippen LogP contribution in [0.4, 0.5) is 5.82 Å². The number of nitrogens with one attached hydrogen (secondary N) is 2. The van der Waals surface area contributed by atoms with Crippen LogP contribution in [0.2, 0.25) is 0 Å². The van der Waals surface area contributed by atoms with Gasteiger partial charge in [-0.3, -0.25) is 9.59 Å². The summed E-state index contributed by atoms with van der Waals surface area (Å²) in [5.41, 5.74) is 1.28. The number of thioether (sulfide) groups is 1. The lowest BCUT2D eigenvalue weighted by Gasteiger charge is -2.24. The largest absolute Gasteiger partial charge is 0.310 e. The molecule has 1 aliphatic rings. The molecule has 0 fully saturated rings. The predicted octanol–water partition coefficient (Wildman–Crippen LogP) is 3.12. The summed E-state index contributed by atoms with van der Waals surface area (Å²) in [5, 5.41) is 3.25. The second kappa shape index (κ2) is 6.26. The number of anilines is 1. The molecule has 0 unspecified atom stereocenters. The smallest absolute Gasteiger partial charge is 0.257 e. The summed E-state index contributed by atoms with van der Waals surface area (Å²) in [4.78, 5) is 31.6. The van der Waals surface area contributed by atoms with Gasteiger partial charge >= 0.3 is 0 Å². The quantitative estimate of drug-likeness (QED) is 0.634. The van der Waals surface area contributed by atoms with Gasteiger partial charge < -0.3 is 10.3 Å². The van der Waals surface area contributed by atoms with E-state index in [1.54, 1.807) is 0 Å². The molecular weight excluding hydrogens is 366 g/mol. The molecule has 5 nitrogen and oxygen atoms in total. The van der Waals surface area contributed by atoms with Crippen molar-refractivity contribution in [2.75, 3.05) is 11.1 Å². The Morgan fingerprint density at radius 3 is 2.73 bits per heavy atom. The maximum absolute atomic E-state index is 12.4. The molecule has 1 aromatic heterocycles. The Morgan fingerprint density at radius 2 is 2.05 bits per heavy atom. The Balaban J connectivity index is 2.11. The van der Waals surface area contributed by atoms with Crippen molar-refractivity contribution in [2.24, 2.45) is 0 Å². The molecule has 3 rings (SSSR count). The first-order valence-electron chi connectivity index (χ1n) is 6.90. The summed E-state index contributed by atoms with van der Waals surface area (Å²) in [7, 11) is 0. The second-order valence-electron chi connectivity index (χ2n) is 4.92. The number of rotatable bonds is 3. The summed E-state index contributed by atoms with van der Waals surface area (Å²) >= 11 is 4.83. The molecule has 1 aliphatic heterocycles. The number of halogens is 1. The van der Waals surface area contributed by atoms with Gasteiger partial charge in [-0.05, 0) is 23.4 Å². The van der Waals surface area contributed by atoms with Crippen molar-refractivity contribution in [1.82, 2.24) is 9.97 Å². The highest BCUT2D eigenvalue weighted by molar-refractivity contribution is 9.10. The molecule has 1 aromatic carbocycles. The van der Waals surface area contributed by atoms with E-state index in [1.807, 2.05) is 31.2 Å². The van der Waals surface area contributed by atoms with Crippen LogP contribution in [-0.2, 0) is 4.79 Å². The third-order valence-electron chi connectivity index (χ3n) is 3.48. The predicted molar refractivity (Wildman–Crippen MR) is 90.5 cm³/mol. The maximum atomic E-state index is 12.4. The molecule has 0 bridgehead atoms. The van der Waals surface area contributed by atoms with E-state index in [-0.39, 0.29) is 23.8 Å². The van der Waals surface area contributed by atoms with Gasteiger partial charge in [-0.1, -0.05) is 46.7 Å². The molecule has 0 spiro atoms. The number of amides is 1. The van der Waals surface area contributed by atoms with Gasteiger partial charge in [-0.25, -0.2) is 4.98 Å². The Bertz CT molecular complexity index is 773. The molecule has 114 valence electrons. The van der Waals surface area contributed by atoms with Crippen molar-refractivity contribution in [1.29, 1.82) is 0 Å². The fraction of sp³-hybridized carbons (Fsp3) is 0.267. The summed E-state index contributed by atoms with van der Waals surface area (Å²) < 4.78 is 0.957. The van der Waals surface area contributed by atoms with Gasteiger partial charge in [0.05, 0.1) is 5.56 Å². The van der Waals surface area contributed by atoms with E-state index in [2.05, 4.69) is 31.2 Å². The number of aromatic amines is 1. The first-order valence-corrected chi connectivity index (χ1v) is 8.68. The third-order valence-corrected chi connectivity index (χ3v) is 4.77. The van der Waals surface area contributed by atoms with Crippen molar-refractivity contribution >= 4 is 39.4 Å². The lowest BCUT2D eigenvalue weighted by atomic mass is 9.87. The van der Waals surface area contributed by atoms with Crippen molar-refractivity contribution < 1.29 is 4.79 Å². The minimum Gasteiger partial charge on any atom is -0.310 e. The average Bonchev–Trinajstić information content (AvgIpc) is 2.47. The highest BCUT2D eigenvalue weighted by Crippen LogP contribution is 2.34. The van der Waals surface area contributed by atoms with Gasteiger partial charge in [0.2, 0.25) is 5.91 Å². The molecule has 0 radical (unpaired) electrons. The molecule has 1 amide bonds. The topological polar surface area (TPSA) is 74.8 Å². The molecule has 0 saturated heterocycles. The standard InChI is InChI=1S/C15H14BrN3O2S/c1-2-22-15-18-13-12(14(21)19-15)10(7-11(20)17-13)8-3-5-9(16)6-4-8/h3-6,10H,2,7H2,1H3,(H2,17,18,19,20,21)/t10-/m1/s1. The summed E-state index contributed by atoms with van der Waals surface area (Å²) in [6.07, 6.45) is 0.250. The molecular formula is C15H14BrN3O2S. The van der Waals surface area contributed by atoms with Gasteiger partial charge in [-0.2, -0.15) is 0 Å². The molecule has 22 heavy (non-hydrogen) atoms. The van der Waals surface area contributed by atoms with E-state index in [1.165, 1.54) is 11.8 Å². The molecule has 2 N–H and O–H groups in total. The van der Waals surface area contributed by atoms with Gasteiger partial charge in [0.15, 0.2) is 5.16 Å². The van der Waals surface area contributed by atoms with E-state index in [0.29, 0.717) is 16.5 Å². The first kappa shape index (κ1) is 15.3. The van der Waals surface area contributed by atoms with Gasteiger partial charge in [-0.15, -0.1) is 0 Å². The molecule has 2 aromatic rings. The normalized spacial score (nSPS) is 17.0. The zero-order valence-corrected chi connectivity index (χ0v) is 14.3. The van der Waals surface area contributed by atoms with Crippen LogP contribution in [-0.4, -0.2) is 21.6 Å². The number of carbonyl (C=O) groups excluding carboxylic acids is 1. The van der Waals surface area contributed by atoms with Crippen LogP contribution in [0.1, 0.15) is 30.4 Å². The lowest BCUT2D eigenvalue weighted by molar-refractivity contribution is -0.116. The van der Waals surface area contributed by atoms with Crippen LogP contribution < -0.4 is 10.9 Å². The zero-order chi connectivity index (χ0) is 15.7. The van der Waals surface area contributed by atoms with E-state index in [0.717, 1.165) is 15.8 Å². The van der Waals surface area contributed by atoms with E-state index in [4.69, 9.17) is 0 Å². The number of fused-ring (bicyclic) bond motifs is 1. The van der Waals surface area contributed by atoms with Crippen LogP contribution in [0, 0.1) is 0 Å². The fourth-order valence-corrected chi connectivity index (χ4v) is 3.39. The van der Waals surface area contributed by atoms with Gasteiger partial charge in [0, 0.05) is 16.8 Å². The highest BCUT2D eigenvalue weighted by atomic mass is 79.9. The number of hydrogen-bond donors (Lipinski definition) is 2. The number of H-pyrrole nitrogens is 1. The van der Waals surface area contributed by atoms with Crippen molar-refractivity contribution in [3.63, 3.8) is 0 Å². The fourth-order valence-electron chi connectivity index (χ4n) is 2.54. The molecule has 0 aliphatic carbocycles. The van der Waals surface area contributed by atoms with Gasteiger partial charge in [0.25, 0.3) is 5.56 Å². The Labute approximate surface area is 140 Å². The van der Waals surface area contributed by atoms with Crippen molar-refractivity contribution in [3.8, 4) is 0 Å². The van der Waals surface area contributed by atoms with E-state index < -0.39 is 0 Å². The highest BCUT2D eigenvalue weighted by Gasteiger charge is 2.30. The first-order chi connectivity index (χ1) is 10.6. The van der Waals surface area contributed by atoms with Crippen LogP contribution >= 0.6 is 27.7 Å². The number of aromatic nitrogens is 2. The van der Waals surface area contributed by atoms with Crippen molar-refractivity contribution in [3.05, 3.63) is 50.2 Å². The Kier molecular flexibility index (Phi) is 4.35. The van der Waals surface area contributed by atoms with Crippen LogP contribution in [0.5, 0.6) is 0 Å². The van der Waals surface area contributed by atoms with Crippen LogP contribution in [0.15, 0.2) is 38.7 Å². The SMILES string of the molecule is CCSc1nc2c(c(=O)[nH]1)[C@@H](c1ccc(Br)cc1)CC(=O)N2. The monoisotopic (exact) mass is 379 g/mol. The summed E-state index contributed by atoms with van der Waals surface area (Å²) in [5.74, 6) is 0.787. The summed E-state index contributed by atoms with van der Waals surface area (Å²) in [6.45, 7) is 1.98. The molecule has 1 atom stereocenters. The molecule has 2 heterocycles. The number of nitrogens with zero attached hydrogens (tertiary/aromatic N) is 1. The lowest BCUT2D eigenvalue weighted by Crippen LogP contribution is -2.31. The van der Waals surface area contributed by atoms with Crippen molar-refractivity contribution in [2.45, 2.75) is 24.4 Å². The van der Waals surface area contributed by atoms with E-state index in [9.17, 15) is 9.59 Å². The maximum Gasteiger partial charge on any atom is 0.257 e. The minimum atomic E-state index is -0.270. The molecule has 0 saturated carbocycles. The van der Waals surface area contributed by atoms with Crippen LogP contribution in [0.25, 0.3) is 0 Å². The number of hydrogen-bond acceptors (Lipinski definition) is 4. The molecule has 7 heteroatoms. The Morgan fingerprint density at radius 1 is 1.32 bits per heavy atom. The van der Waals surface area contributed by atoms with Gasteiger partial charge in [0.1, 0.15) is 5.82 Å². The second-order valence-corrected chi connectivity index (χ2v) is 7.09. The summed E-state index contributed by atoms with van der Waals surface area (Å²) in [6, 6.07) is 7.66. The zero-order valence-electron chi connectivity index (χ0n) is 11.9. The average molecular weight is 380 g/mol. The third kappa shape index (κ3) is 2.96. The Hall–Kier alpha value is -1.60. The van der Waals surface area contributed by atoms with E-state index >= 15 is 0 Å². The van der Waals surface area contributed by atoms with Crippen LogP contribution in [0.3, 0.4) is 0 Å².